The van der Waals surface area contributed by atoms with E-state index < -0.39 is 0 Å². The summed E-state index contributed by atoms with van der Waals surface area (Å²) in [5.74, 6) is 0.890. The van der Waals surface area contributed by atoms with E-state index in [4.69, 9.17) is 14.9 Å². The summed E-state index contributed by atoms with van der Waals surface area (Å²) in [6, 6.07) is 12.6. The second kappa shape index (κ2) is 11.1. The van der Waals surface area contributed by atoms with E-state index in [0.29, 0.717) is 29.9 Å². The lowest BCUT2D eigenvalue weighted by Gasteiger charge is -2.15. The van der Waals surface area contributed by atoms with Gasteiger partial charge in [-0.05, 0) is 53.6 Å². The lowest BCUT2D eigenvalue weighted by Crippen LogP contribution is -2.23. The highest BCUT2D eigenvalue weighted by molar-refractivity contribution is 6.21. The first-order valence-electron chi connectivity index (χ1n) is 10.8. The van der Waals surface area contributed by atoms with Crippen molar-refractivity contribution < 1.29 is 14.3 Å². The van der Waals surface area contributed by atoms with Gasteiger partial charge in [-0.25, -0.2) is 4.79 Å². The van der Waals surface area contributed by atoms with Crippen LogP contribution in [-0.2, 0) is 23.2 Å². The van der Waals surface area contributed by atoms with Crippen molar-refractivity contribution in [3.05, 3.63) is 81.1 Å². The van der Waals surface area contributed by atoms with Crippen molar-refractivity contribution in [2.75, 3.05) is 13.7 Å². The molecular formula is C24H28N6O4. The van der Waals surface area contributed by atoms with Gasteiger partial charge in [0.1, 0.15) is 12.4 Å². The highest BCUT2D eigenvalue weighted by Crippen LogP contribution is 2.23. The first kappa shape index (κ1) is 24.4. The Labute approximate surface area is 197 Å². The van der Waals surface area contributed by atoms with Gasteiger partial charge in [0.05, 0.1) is 23.6 Å². The molecule has 3 rings (SSSR count). The quantitative estimate of drug-likeness (QED) is 0.193. The third kappa shape index (κ3) is 5.22. The van der Waals surface area contributed by atoms with Crippen molar-refractivity contribution in [3.63, 3.8) is 0 Å². The second-order valence-corrected chi connectivity index (χ2v) is 7.53. The molecule has 0 radical (unpaired) electrons. The molecule has 1 aromatic heterocycles. The molecule has 3 aromatic rings. The van der Waals surface area contributed by atoms with Crippen LogP contribution in [0.4, 0.5) is 0 Å². The van der Waals surface area contributed by atoms with Gasteiger partial charge in [-0.3, -0.25) is 10.2 Å². The van der Waals surface area contributed by atoms with Gasteiger partial charge in [-0.1, -0.05) is 25.1 Å². The van der Waals surface area contributed by atoms with Gasteiger partial charge in [-0.15, -0.1) is 0 Å². The van der Waals surface area contributed by atoms with Crippen LogP contribution in [-0.4, -0.2) is 45.4 Å². The van der Waals surface area contributed by atoms with Crippen molar-refractivity contribution in [3.8, 4) is 11.4 Å². The number of carbonyl (C=O) groups excluding carboxylic acids is 1. The molecule has 0 aliphatic heterocycles. The Morgan fingerprint density at radius 3 is 2.59 bits per heavy atom. The van der Waals surface area contributed by atoms with E-state index in [2.05, 4.69) is 15.7 Å². The molecule has 0 atom stereocenters. The Hall–Kier alpha value is -4.21. The van der Waals surface area contributed by atoms with Gasteiger partial charge in [-0.2, -0.15) is 9.36 Å². The minimum absolute atomic E-state index is 0.0532. The summed E-state index contributed by atoms with van der Waals surface area (Å²) in [4.78, 5) is 23.9. The number of carbonyl (C=O) groups is 1. The lowest BCUT2D eigenvalue weighted by molar-refractivity contribution is -0.104. The van der Waals surface area contributed by atoms with E-state index in [1.165, 1.54) is 11.7 Å². The number of tetrazole rings is 1. The number of hydrogen-bond acceptors (Lipinski definition) is 8. The van der Waals surface area contributed by atoms with E-state index in [0.717, 1.165) is 22.2 Å². The molecule has 0 fully saturated rings. The monoisotopic (exact) mass is 464 g/mol. The molecule has 10 heteroatoms. The fraction of sp³-hybridized carbons (Fsp3) is 0.292. The molecule has 0 spiro atoms. The Bertz CT molecular complexity index is 1270. The molecule has 34 heavy (non-hydrogen) atoms. The first-order chi connectivity index (χ1) is 16.4. The normalized spacial score (nSPS) is 11.5. The molecule has 0 amide bonds. The maximum atomic E-state index is 12.3. The highest BCUT2D eigenvalue weighted by atomic mass is 16.5. The Morgan fingerprint density at radius 1 is 1.21 bits per heavy atom. The summed E-state index contributed by atoms with van der Waals surface area (Å²) in [6.45, 7) is 4.47. The van der Waals surface area contributed by atoms with Gasteiger partial charge in [0.25, 0.3) is 0 Å². The Morgan fingerprint density at radius 2 is 1.97 bits per heavy atom. The second-order valence-electron chi connectivity index (χ2n) is 7.53. The number of para-hydroxylation sites is 1. The average molecular weight is 465 g/mol. The third-order valence-electron chi connectivity index (χ3n) is 5.10. The van der Waals surface area contributed by atoms with Gasteiger partial charge < -0.3 is 14.8 Å². The van der Waals surface area contributed by atoms with Crippen LogP contribution < -0.4 is 15.7 Å². The molecule has 10 nitrogen and oxygen atoms in total. The molecule has 0 aliphatic rings. The number of aryl methyl sites for hydroxylation is 2. The maximum absolute atomic E-state index is 12.3. The number of hydrogen-bond donors (Lipinski definition) is 2. The predicted molar refractivity (Wildman–Crippen MR) is 127 cm³/mol. The maximum Gasteiger partial charge on any atom is 0.368 e. The standard InChI is InChI=1S/C24H28N6O4/c1-5-12-33-23(26-3)19(14-31)22(25)17-10-11-21(16(2)13-17)34-15-18-8-6-7-9-20(18)30-24(32)29(4)27-28-30/h6-11,13-14,25-26H,5,12,15H2,1-4H3/b23-19+,25-22?. The van der Waals surface area contributed by atoms with Crippen LogP contribution in [0, 0.1) is 12.3 Å². The van der Waals surface area contributed by atoms with Crippen molar-refractivity contribution in [1.29, 1.82) is 5.41 Å². The van der Waals surface area contributed by atoms with Crippen molar-refractivity contribution >= 4 is 12.0 Å². The smallest absolute Gasteiger partial charge is 0.368 e. The minimum atomic E-state index is -0.352. The molecule has 0 bridgehead atoms. The molecule has 0 saturated heterocycles. The SMILES string of the molecule is CCCO/C(NC)=C(\C=O)C(=N)c1ccc(OCc2ccccc2-n2nnn(C)c2=O)c(C)c1. The fourth-order valence-corrected chi connectivity index (χ4v) is 3.30. The summed E-state index contributed by atoms with van der Waals surface area (Å²) in [5, 5.41) is 19.0. The number of allylic oxidation sites excluding steroid dienone is 1. The zero-order valence-electron chi connectivity index (χ0n) is 19.7. The van der Waals surface area contributed by atoms with Gasteiger partial charge in [0.15, 0.2) is 12.2 Å². The third-order valence-corrected chi connectivity index (χ3v) is 5.10. The molecule has 2 aromatic carbocycles. The molecular weight excluding hydrogens is 436 g/mol. The van der Waals surface area contributed by atoms with Gasteiger partial charge in [0.2, 0.25) is 0 Å². The molecule has 2 N–H and O–H groups in total. The number of aldehydes is 1. The van der Waals surface area contributed by atoms with E-state index in [1.807, 2.05) is 32.0 Å². The van der Waals surface area contributed by atoms with E-state index in [-0.39, 0.29) is 29.5 Å². The topological polar surface area (TPSA) is 124 Å². The summed E-state index contributed by atoms with van der Waals surface area (Å²) in [7, 11) is 3.19. The van der Waals surface area contributed by atoms with Crippen LogP contribution in [0.15, 0.2) is 58.7 Å². The summed E-state index contributed by atoms with van der Waals surface area (Å²) in [6.07, 6.45) is 1.40. The molecule has 178 valence electrons. The van der Waals surface area contributed by atoms with Crippen LogP contribution in [0.2, 0.25) is 0 Å². The Kier molecular flexibility index (Phi) is 7.96. The van der Waals surface area contributed by atoms with E-state index >= 15 is 0 Å². The molecule has 1 heterocycles. The molecule has 0 unspecified atom stereocenters. The summed E-state index contributed by atoms with van der Waals surface area (Å²) < 4.78 is 14.0. The zero-order chi connectivity index (χ0) is 24.7. The van der Waals surface area contributed by atoms with Crippen LogP contribution in [0.1, 0.15) is 30.0 Å². The molecule has 0 aliphatic carbocycles. The average Bonchev–Trinajstić information content (AvgIpc) is 3.18. The van der Waals surface area contributed by atoms with Crippen molar-refractivity contribution in [1.82, 2.24) is 25.1 Å². The number of nitrogens with one attached hydrogen (secondary N) is 2. The van der Waals surface area contributed by atoms with Crippen molar-refractivity contribution in [2.24, 2.45) is 7.05 Å². The summed E-state index contributed by atoms with van der Waals surface area (Å²) >= 11 is 0. The van der Waals surface area contributed by atoms with Crippen LogP contribution >= 0.6 is 0 Å². The summed E-state index contributed by atoms with van der Waals surface area (Å²) in [5.41, 5.74) is 2.55. The fourth-order valence-electron chi connectivity index (χ4n) is 3.30. The number of aromatic nitrogens is 4. The van der Waals surface area contributed by atoms with E-state index in [1.54, 1.807) is 31.3 Å². The number of rotatable bonds is 11. The van der Waals surface area contributed by atoms with Gasteiger partial charge in [0, 0.05) is 25.2 Å². The predicted octanol–water partition coefficient (Wildman–Crippen LogP) is 2.28. The van der Waals surface area contributed by atoms with Crippen molar-refractivity contribution in [2.45, 2.75) is 26.9 Å². The molecule has 0 saturated carbocycles. The van der Waals surface area contributed by atoms with Gasteiger partial charge >= 0.3 is 5.69 Å². The lowest BCUT2D eigenvalue weighted by atomic mass is 10.0. The van der Waals surface area contributed by atoms with Crippen LogP contribution in [0.5, 0.6) is 5.75 Å². The number of benzene rings is 2. The Balaban J connectivity index is 1.82. The van der Waals surface area contributed by atoms with Crippen LogP contribution in [0.25, 0.3) is 5.69 Å². The minimum Gasteiger partial charge on any atom is -0.489 e. The number of nitrogens with zero attached hydrogens (tertiary/aromatic N) is 4. The van der Waals surface area contributed by atoms with E-state index in [9.17, 15) is 9.59 Å². The zero-order valence-corrected chi connectivity index (χ0v) is 19.7. The largest absolute Gasteiger partial charge is 0.489 e. The number of ether oxygens (including phenoxy) is 2. The first-order valence-corrected chi connectivity index (χ1v) is 10.8. The highest BCUT2D eigenvalue weighted by Gasteiger charge is 2.16. The van der Waals surface area contributed by atoms with Crippen LogP contribution in [0.3, 0.4) is 0 Å².